The molecule has 1 rings (SSSR count). The van der Waals surface area contributed by atoms with E-state index in [9.17, 15) is 4.39 Å². The minimum Gasteiger partial charge on any atom is -0.354 e. The molecule has 1 aromatic carbocycles. The van der Waals surface area contributed by atoms with Gasteiger partial charge >= 0.3 is 0 Å². The number of hydrogen-bond acceptors (Lipinski definition) is 2. The lowest BCUT2D eigenvalue weighted by molar-refractivity contribution is 0.297. The number of benzene rings is 1. The first-order valence-electron chi connectivity index (χ1n) is 6.55. The van der Waals surface area contributed by atoms with E-state index in [0.29, 0.717) is 19.0 Å². The molecule has 0 bridgehead atoms. The number of likely N-dealkylation sites (N-methyl/N-ethyl adjacent to an activating group) is 1. The van der Waals surface area contributed by atoms with Gasteiger partial charge in [-0.2, -0.15) is 0 Å². The third-order valence-electron chi connectivity index (χ3n) is 2.96. The van der Waals surface area contributed by atoms with Crippen LogP contribution in [0.15, 0.2) is 41.9 Å². The normalized spacial score (nSPS) is 13.2. The Bertz CT molecular complexity index is 457. The van der Waals surface area contributed by atoms with Gasteiger partial charge in [-0.1, -0.05) is 18.2 Å². The van der Waals surface area contributed by atoms with Crippen LogP contribution in [-0.4, -0.2) is 45.1 Å². The lowest BCUT2D eigenvalue weighted by atomic mass is 10.1. The van der Waals surface area contributed by atoms with Crippen LogP contribution in [-0.2, 0) is 0 Å². The molecule has 2 N–H and O–H groups in total. The Kier molecular flexibility index (Phi) is 6.73. The van der Waals surface area contributed by atoms with Crippen molar-refractivity contribution in [2.45, 2.75) is 6.04 Å². The zero-order valence-corrected chi connectivity index (χ0v) is 12.4. The molecule has 0 radical (unpaired) electrons. The van der Waals surface area contributed by atoms with Crippen LogP contribution in [0.2, 0.25) is 0 Å². The van der Waals surface area contributed by atoms with Crippen LogP contribution >= 0.6 is 0 Å². The highest BCUT2D eigenvalue weighted by Gasteiger charge is 2.15. The van der Waals surface area contributed by atoms with Gasteiger partial charge in [-0.25, -0.2) is 4.39 Å². The summed E-state index contributed by atoms with van der Waals surface area (Å²) in [5, 5.41) is 6.34. The molecule has 0 aliphatic heterocycles. The van der Waals surface area contributed by atoms with Gasteiger partial charge in [0.2, 0.25) is 0 Å². The van der Waals surface area contributed by atoms with Gasteiger partial charge in [-0.05, 0) is 31.8 Å². The van der Waals surface area contributed by atoms with Crippen molar-refractivity contribution in [1.29, 1.82) is 0 Å². The molecule has 110 valence electrons. The van der Waals surface area contributed by atoms with E-state index in [1.807, 2.05) is 25.1 Å². The molecule has 4 nitrogen and oxygen atoms in total. The van der Waals surface area contributed by atoms with Gasteiger partial charge in [-0.15, -0.1) is 6.58 Å². The van der Waals surface area contributed by atoms with E-state index in [4.69, 9.17) is 0 Å². The van der Waals surface area contributed by atoms with E-state index >= 15 is 0 Å². The fourth-order valence-electron chi connectivity index (χ4n) is 1.90. The molecule has 20 heavy (non-hydrogen) atoms. The summed E-state index contributed by atoms with van der Waals surface area (Å²) >= 11 is 0. The molecule has 0 saturated carbocycles. The Balaban J connectivity index is 2.71. The molecule has 0 fully saturated rings. The first-order valence-corrected chi connectivity index (χ1v) is 6.55. The molecule has 0 aliphatic rings. The minimum atomic E-state index is -0.219. The van der Waals surface area contributed by atoms with Gasteiger partial charge in [0.05, 0.1) is 6.04 Å². The highest BCUT2D eigenvalue weighted by molar-refractivity contribution is 5.79. The maximum atomic E-state index is 13.3. The number of nitrogens with zero attached hydrogens (tertiary/aromatic N) is 2. The van der Waals surface area contributed by atoms with Crippen molar-refractivity contribution in [1.82, 2.24) is 15.5 Å². The molecular formula is C15H23FN4. The van der Waals surface area contributed by atoms with Crippen molar-refractivity contribution in [3.63, 3.8) is 0 Å². The summed E-state index contributed by atoms with van der Waals surface area (Å²) in [5.74, 6) is 0.483. The van der Waals surface area contributed by atoms with E-state index in [1.165, 1.54) is 6.07 Å². The lowest BCUT2D eigenvalue weighted by Crippen LogP contribution is -2.41. The number of hydrogen-bond donors (Lipinski definition) is 2. The van der Waals surface area contributed by atoms with Crippen molar-refractivity contribution in [3.05, 3.63) is 48.3 Å². The van der Waals surface area contributed by atoms with Crippen molar-refractivity contribution >= 4 is 5.96 Å². The summed E-state index contributed by atoms with van der Waals surface area (Å²) in [4.78, 5) is 6.17. The van der Waals surface area contributed by atoms with Crippen molar-refractivity contribution in [3.8, 4) is 0 Å². The monoisotopic (exact) mass is 278 g/mol. The molecule has 5 heteroatoms. The van der Waals surface area contributed by atoms with Crippen LogP contribution < -0.4 is 10.6 Å². The molecular weight excluding hydrogens is 255 g/mol. The largest absolute Gasteiger partial charge is 0.354 e. The lowest BCUT2D eigenvalue weighted by Gasteiger charge is -2.26. The Labute approximate surface area is 120 Å². The Morgan fingerprint density at radius 3 is 2.75 bits per heavy atom. The number of nitrogens with one attached hydrogen (secondary N) is 2. The van der Waals surface area contributed by atoms with Crippen LogP contribution in [0.25, 0.3) is 0 Å². The van der Waals surface area contributed by atoms with Gasteiger partial charge in [0, 0.05) is 20.1 Å². The van der Waals surface area contributed by atoms with Gasteiger partial charge in [0.25, 0.3) is 0 Å². The average molecular weight is 278 g/mol. The topological polar surface area (TPSA) is 39.7 Å². The molecule has 0 heterocycles. The number of guanidine groups is 1. The smallest absolute Gasteiger partial charge is 0.191 e. The molecule has 0 spiro atoms. The predicted octanol–water partition coefficient (Wildman–Crippen LogP) is 1.78. The SMILES string of the molecule is C=CCNC(=NC)NCC(c1cccc(F)c1)N(C)C. The van der Waals surface area contributed by atoms with Crippen molar-refractivity contribution < 1.29 is 4.39 Å². The second-order valence-electron chi connectivity index (χ2n) is 4.66. The summed E-state index contributed by atoms with van der Waals surface area (Å²) < 4.78 is 13.3. The highest BCUT2D eigenvalue weighted by Crippen LogP contribution is 2.18. The quantitative estimate of drug-likeness (QED) is 0.473. The van der Waals surface area contributed by atoms with E-state index in [1.54, 1.807) is 25.3 Å². The number of aliphatic imine (C=N–C) groups is 1. The van der Waals surface area contributed by atoms with Crippen molar-refractivity contribution in [2.75, 3.05) is 34.2 Å². The van der Waals surface area contributed by atoms with E-state index in [0.717, 1.165) is 5.56 Å². The second kappa shape index (κ2) is 8.32. The summed E-state index contributed by atoms with van der Waals surface area (Å²) in [5.41, 5.74) is 0.932. The number of rotatable bonds is 6. The van der Waals surface area contributed by atoms with Gasteiger partial charge in [0.1, 0.15) is 5.82 Å². The second-order valence-corrected chi connectivity index (χ2v) is 4.66. The zero-order valence-electron chi connectivity index (χ0n) is 12.4. The maximum absolute atomic E-state index is 13.3. The van der Waals surface area contributed by atoms with Crippen molar-refractivity contribution in [2.24, 2.45) is 4.99 Å². The predicted molar refractivity (Wildman–Crippen MR) is 82.4 cm³/mol. The van der Waals surface area contributed by atoms with Crippen LogP contribution in [0.5, 0.6) is 0 Å². The molecule has 1 atom stereocenters. The molecule has 1 aromatic rings. The highest BCUT2D eigenvalue weighted by atomic mass is 19.1. The van der Waals surface area contributed by atoms with E-state index < -0.39 is 0 Å². The zero-order chi connectivity index (χ0) is 15.0. The molecule has 1 unspecified atom stereocenters. The molecule has 0 amide bonds. The minimum absolute atomic E-state index is 0.0629. The van der Waals surface area contributed by atoms with Gasteiger partial charge < -0.3 is 15.5 Å². The Morgan fingerprint density at radius 1 is 1.45 bits per heavy atom. The first kappa shape index (κ1) is 16.2. The molecule has 0 aliphatic carbocycles. The summed E-state index contributed by atoms with van der Waals surface area (Å²) in [6.45, 7) is 4.93. The van der Waals surface area contributed by atoms with E-state index in [-0.39, 0.29) is 11.9 Å². The molecule has 0 aromatic heterocycles. The Morgan fingerprint density at radius 2 is 2.20 bits per heavy atom. The molecule has 0 saturated heterocycles. The van der Waals surface area contributed by atoms with Crippen LogP contribution in [0, 0.1) is 5.82 Å². The van der Waals surface area contributed by atoms with Crippen LogP contribution in [0.1, 0.15) is 11.6 Å². The van der Waals surface area contributed by atoms with Crippen LogP contribution in [0.3, 0.4) is 0 Å². The van der Waals surface area contributed by atoms with Gasteiger partial charge in [0.15, 0.2) is 5.96 Å². The Hall–Kier alpha value is -1.88. The third kappa shape index (κ3) is 5.01. The van der Waals surface area contributed by atoms with E-state index in [2.05, 4.69) is 22.2 Å². The van der Waals surface area contributed by atoms with Gasteiger partial charge in [-0.3, -0.25) is 4.99 Å². The first-order chi connectivity index (χ1) is 9.58. The number of halogens is 1. The summed E-state index contributed by atoms with van der Waals surface area (Å²) in [6, 6.07) is 6.73. The standard InChI is InChI=1S/C15H23FN4/c1-5-9-18-15(17-2)19-11-14(20(3)4)12-7-6-8-13(16)10-12/h5-8,10,14H,1,9,11H2,2-4H3,(H2,17,18,19). The fraction of sp³-hybridized carbons (Fsp3) is 0.400. The van der Waals surface area contributed by atoms with Crippen LogP contribution in [0.4, 0.5) is 4.39 Å². The average Bonchev–Trinajstić information content (AvgIpc) is 2.42. The summed E-state index contributed by atoms with van der Waals surface area (Å²) in [6.07, 6.45) is 1.77. The summed E-state index contributed by atoms with van der Waals surface area (Å²) in [7, 11) is 5.65. The fourth-order valence-corrected chi connectivity index (χ4v) is 1.90. The third-order valence-corrected chi connectivity index (χ3v) is 2.96. The maximum Gasteiger partial charge on any atom is 0.191 e.